The Morgan fingerprint density at radius 3 is 2.30 bits per heavy atom. The van der Waals surface area contributed by atoms with Crippen LogP contribution < -0.4 is 0 Å². The third-order valence-electron chi connectivity index (χ3n) is 3.65. The van der Waals surface area contributed by atoms with Gasteiger partial charge in [0, 0.05) is 0 Å². The van der Waals surface area contributed by atoms with Crippen molar-refractivity contribution in [2.75, 3.05) is 13.2 Å². The summed E-state index contributed by atoms with van der Waals surface area (Å²) in [6.45, 7) is -1.53. The number of hydrogen-bond donors (Lipinski definition) is 6. The SMILES string of the molecule is O=C1O[C@H](C(O)CO)C(=O)C1O[C@H]1O[C@H](CO)[C@H](O)[C@H](O)[C@H]1O. The monoisotopic (exact) mass is 338 g/mol. The van der Waals surface area contributed by atoms with Crippen LogP contribution in [0.2, 0.25) is 0 Å². The van der Waals surface area contributed by atoms with Gasteiger partial charge in [0.25, 0.3) is 0 Å². The predicted molar refractivity (Wildman–Crippen MR) is 66.6 cm³/mol. The lowest BCUT2D eigenvalue weighted by molar-refractivity contribution is -0.305. The van der Waals surface area contributed by atoms with Gasteiger partial charge in [-0.05, 0) is 0 Å². The number of ketones is 1. The number of carbonyl (C=O) groups is 2. The molecule has 2 aliphatic heterocycles. The molecule has 132 valence electrons. The predicted octanol–water partition coefficient (Wildman–Crippen LogP) is -4.98. The van der Waals surface area contributed by atoms with Gasteiger partial charge in [-0.15, -0.1) is 0 Å². The highest BCUT2D eigenvalue weighted by Crippen LogP contribution is 2.26. The minimum atomic E-state index is -1.84. The van der Waals surface area contributed by atoms with E-state index in [0.29, 0.717) is 0 Å². The van der Waals surface area contributed by atoms with Crippen LogP contribution in [0.5, 0.6) is 0 Å². The van der Waals surface area contributed by atoms with Gasteiger partial charge >= 0.3 is 5.97 Å². The molecule has 0 aromatic carbocycles. The molecule has 0 aromatic rings. The molecule has 0 spiro atoms. The molecule has 2 heterocycles. The van der Waals surface area contributed by atoms with Crippen LogP contribution in [-0.2, 0) is 23.8 Å². The molecule has 11 heteroatoms. The maximum atomic E-state index is 12.0. The molecule has 0 bridgehead atoms. The second-order valence-electron chi connectivity index (χ2n) is 5.22. The van der Waals surface area contributed by atoms with E-state index in [1.807, 2.05) is 0 Å². The first kappa shape index (κ1) is 18.2. The highest BCUT2D eigenvalue weighted by atomic mass is 16.7. The zero-order valence-electron chi connectivity index (χ0n) is 11.8. The molecule has 0 aromatic heterocycles. The van der Waals surface area contributed by atoms with Gasteiger partial charge in [-0.1, -0.05) is 0 Å². The number of ether oxygens (including phenoxy) is 3. The second kappa shape index (κ2) is 7.15. The molecular weight excluding hydrogens is 320 g/mol. The minimum Gasteiger partial charge on any atom is -0.449 e. The first-order valence-corrected chi connectivity index (χ1v) is 6.81. The summed E-state index contributed by atoms with van der Waals surface area (Å²) in [5, 5.41) is 56.2. The fourth-order valence-electron chi connectivity index (χ4n) is 2.31. The number of cyclic esters (lactones) is 1. The summed E-state index contributed by atoms with van der Waals surface area (Å²) in [5.74, 6) is -2.15. The molecule has 6 N–H and O–H groups in total. The van der Waals surface area contributed by atoms with Gasteiger partial charge in [0.2, 0.25) is 11.9 Å². The van der Waals surface area contributed by atoms with E-state index in [4.69, 9.17) is 19.7 Å². The van der Waals surface area contributed by atoms with Gasteiger partial charge in [-0.25, -0.2) is 4.79 Å². The van der Waals surface area contributed by atoms with E-state index in [1.54, 1.807) is 0 Å². The number of aliphatic hydroxyl groups excluding tert-OH is 6. The topological polar surface area (TPSA) is 183 Å². The van der Waals surface area contributed by atoms with Crippen LogP contribution in [0.25, 0.3) is 0 Å². The number of esters is 1. The molecule has 0 aliphatic carbocycles. The lowest BCUT2D eigenvalue weighted by Crippen LogP contribution is -2.60. The van der Waals surface area contributed by atoms with E-state index in [9.17, 15) is 30.0 Å². The minimum absolute atomic E-state index is 0.709. The molecule has 2 aliphatic rings. The summed E-state index contributed by atoms with van der Waals surface area (Å²) >= 11 is 0. The van der Waals surface area contributed by atoms with Crippen LogP contribution in [0.15, 0.2) is 0 Å². The third-order valence-corrected chi connectivity index (χ3v) is 3.65. The quantitative estimate of drug-likeness (QED) is 0.208. The summed E-state index contributed by atoms with van der Waals surface area (Å²) < 4.78 is 14.6. The van der Waals surface area contributed by atoms with Crippen molar-refractivity contribution in [3.8, 4) is 0 Å². The van der Waals surface area contributed by atoms with Crippen molar-refractivity contribution in [1.29, 1.82) is 0 Å². The molecule has 0 saturated carbocycles. The van der Waals surface area contributed by atoms with Gasteiger partial charge in [-0.3, -0.25) is 4.79 Å². The lowest BCUT2D eigenvalue weighted by Gasteiger charge is -2.39. The standard InChI is InChI=1S/C12H18O11/c13-1-3(15)9-8(19)10(11(20)22-9)23-12-7(18)6(17)5(16)4(2-14)21-12/h3-7,9-10,12-18H,1-2H2/t3?,4-,5+,6+,7-,9-,10?,12-/m1/s1. The van der Waals surface area contributed by atoms with Gasteiger partial charge in [0.15, 0.2) is 12.4 Å². The lowest BCUT2D eigenvalue weighted by atomic mass is 9.99. The number of carbonyl (C=O) groups excluding carboxylic acids is 2. The Hall–Kier alpha value is -1.18. The van der Waals surface area contributed by atoms with Crippen molar-refractivity contribution in [2.24, 2.45) is 0 Å². The Bertz CT molecular complexity index is 452. The van der Waals surface area contributed by atoms with Gasteiger partial charge in [0.1, 0.15) is 30.5 Å². The molecule has 2 rings (SSSR count). The maximum Gasteiger partial charge on any atom is 0.344 e. The van der Waals surface area contributed by atoms with Crippen molar-refractivity contribution in [2.45, 2.75) is 49.0 Å². The van der Waals surface area contributed by atoms with E-state index >= 15 is 0 Å². The van der Waals surface area contributed by atoms with E-state index in [2.05, 4.69) is 4.74 Å². The van der Waals surface area contributed by atoms with Crippen LogP contribution in [0.3, 0.4) is 0 Å². The molecule has 23 heavy (non-hydrogen) atoms. The molecule has 2 unspecified atom stereocenters. The van der Waals surface area contributed by atoms with Gasteiger partial charge in [-0.2, -0.15) is 0 Å². The summed E-state index contributed by atoms with van der Waals surface area (Å²) in [5.41, 5.74) is 0. The van der Waals surface area contributed by atoms with E-state index in [1.165, 1.54) is 0 Å². The molecule has 8 atom stereocenters. The number of aliphatic hydroxyl groups is 6. The number of rotatable bonds is 5. The summed E-state index contributed by atoms with van der Waals surface area (Å²) in [4.78, 5) is 23.6. The first-order chi connectivity index (χ1) is 10.8. The van der Waals surface area contributed by atoms with E-state index < -0.39 is 74.0 Å². The molecular formula is C12H18O11. The normalized spacial score (nSPS) is 42.6. The fourth-order valence-corrected chi connectivity index (χ4v) is 2.31. The van der Waals surface area contributed by atoms with Gasteiger partial charge < -0.3 is 44.8 Å². The Balaban J connectivity index is 2.08. The van der Waals surface area contributed by atoms with Crippen LogP contribution in [0.1, 0.15) is 0 Å². The fraction of sp³-hybridized carbons (Fsp3) is 0.833. The average Bonchev–Trinajstić information content (AvgIpc) is 2.82. The van der Waals surface area contributed by atoms with Crippen molar-refractivity contribution in [1.82, 2.24) is 0 Å². The summed E-state index contributed by atoms with van der Waals surface area (Å²) in [6, 6.07) is 0. The molecule has 11 nitrogen and oxygen atoms in total. The van der Waals surface area contributed by atoms with Crippen LogP contribution >= 0.6 is 0 Å². The van der Waals surface area contributed by atoms with Crippen molar-refractivity contribution < 1.29 is 54.4 Å². The Morgan fingerprint density at radius 2 is 1.74 bits per heavy atom. The molecule has 0 amide bonds. The number of hydrogen-bond acceptors (Lipinski definition) is 11. The van der Waals surface area contributed by atoms with Crippen LogP contribution in [-0.4, -0.2) is 105 Å². The number of Topliss-reactive ketones (excluding diaryl/α,β-unsaturated/α-hetero) is 1. The highest BCUT2D eigenvalue weighted by Gasteiger charge is 2.52. The summed E-state index contributed by atoms with van der Waals surface area (Å²) in [6.07, 6.45) is -13.2. The van der Waals surface area contributed by atoms with Crippen LogP contribution in [0, 0.1) is 0 Å². The zero-order valence-corrected chi connectivity index (χ0v) is 11.8. The largest absolute Gasteiger partial charge is 0.449 e. The molecule has 0 radical (unpaired) electrons. The zero-order chi connectivity index (χ0) is 17.3. The van der Waals surface area contributed by atoms with Gasteiger partial charge in [0.05, 0.1) is 13.2 Å². The molecule has 2 saturated heterocycles. The Kier molecular flexibility index (Phi) is 5.65. The van der Waals surface area contributed by atoms with Crippen molar-refractivity contribution >= 4 is 11.8 Å². The molecule has 2 fully saturated rings. The second-order valence-corrected chi connectivity index (χ2v) is 5.22. The Morgan fingerprint density at radius 1 is 1.09 bits per heavy atom. The van der Waals surface area contributed by atoms with Crippen LogP contribution in [0.4, 0.5) is 0 Å². The highest BCUT2D eigenvalue weighted by molar-refractivity contribution is 6.09. The first-order valence-electron chi connectivity index (χ1n) is 6.81. The maximum absolute atomic E-state index is 12.0. The Labute approximate surface area is 129 Å². The smallest absolute Gasteiger partial charge is 0.344 e. The van der Waals surface area contributed by atoms with Crippen molar-refractivity contribution in [3.63, 3.8) is 0 Å². The van der Waals surface area contributed by atoms with E-state index in [-0.39, 0.29) is 0 Å². The average molecular weight is 338 g/mol. The van der Waals surface area contributed by atoms with E-state index in [0.717, 1.165) is 0 Å². The third kappa shape index (κ3) is 3.36. The summed E-state index contributed by atoms with van der Waals surface area (Å²) in [7, 11) is 0. The van der Waals surface area contributed by atoms with Crippen molar-refractivity contribution in [3.05, 3.63) is 0 Å².